The van der Waals surface area contributed by atoms with Crippen LogP contribution in [0.2, 0.25) is 5.02 Å². The molecule has 0 amide bonds. The number of aromatic nitrogens is 1. The summed E-state index contributed by atoms with van der Waals surface area (Å²) in [4.78, 5) is 4.40. The SMILES string of the molecule is Cc1cnc2c(Cl)cc(N)cc2c1NCC(C)(C)C. The highest BCUT2D eigenvalue weighted by molar-refractivity contribution is 6.35. The normalized spacial score (nSPS) is 11.8. The van der Waals surface area contributed by atoms with Crippen molar-refractivity contribution in [3.63, 3.8) is 0 Å². The Balaban J connectivity index is 2.55. The fourth-order valence-electron chi connectivity index (χ4n) is 1.97. The van der Waals surface area contributed by atoms with Crippen molar-refractivity contribution in [1.29, 1.82) is 0 Å². The van der Waals surface area contributed by atoms with Gasteiger partial charge in [-0.25, -0.2) is 0 Å². The van der Waals surface area contributed by atoms with E-state index >= 15 is 0 Å². The molecular weight excluding hydrogens is 258 g/mol. The molecule has 0 atom stereocenters. The summed E-state index contributed by atoms with van der Waals surface area (Å²) in [5.74, 6) is 0. The molecule has 0 unspecified atom stereocenters. The average Bonchev–Trinajstić information content (AvgIpc) is 2.25. The van der Waals surface area contributed by atoms with Gasteiger partial charge < -0.3 is 11.1 Å². The van der Waals surface area contributed by atoms with Crippen LogP contribution >= 0.6 is 11.6 Å². The number of anilines is 2. The molecular formula is C15H20ClN3. The predicted octanol–water partition coefficient (Wildman–Crippen LogP) is 4.24. The molecule has 3 N–H and O–H groups in total. The molecule has 0 radical (unpaired) electrons. The molecule has 2 rings (SSSR count). The van der Waals surface area contributed by atoms with Crippen molar-refractivity contribution >= 4 is 33.9 Å². The molecule has 3 nitrogen and oxygen atoms in total. The topological polar surface area (TPSA) is 50.9 Å². The second-order valence-corrected chi connectivity index (χ2v) is 6.54. The maximum atomic E-state index is 6.21. The monoisotopic (exact) mass is 277 g/mol. The molecule has 2 aromatic rings. The zero-order valence-corrected chi connectivity index (χ0v) is 12.6. The number of nitrogens with zero attached hydrogens (tertiary/aromatic N) is 1. The molecule has 1 heterocycles. The molecule has 0 bridgehead atoms. The molecule has 0 fully saturated rings. The minimum atomic E-state index is 0.201. The molecule has 0 saturated heterocycles. The number of benzene rings is 1. The van der Waals surface area contributed by atoms with Crippen LogP contribution in [0.25, 0.3) is 10.9 Å². The summed E-state index contributed by atoms with van der Waals surface area (Å²) >= 11 is 6.21. The Morgan fingerprint density at radius 1 is 1.32 bits per heavy atom. The van der Waals surface area contributed by atoms with Crippen LogP contribution in [0.3, 0.4) is 0 Å². The Bertz CT molecular complexity index is 615. The van der Waals surface area contributed by atoms with Crippen molar-refractivity contribution in [3.8, 4) is 0 Å². The number of aryl methyl sites for hydroxylation is 1. The van der Waals surface area contributed by atoms with Crippen molar-refractivity contribution < 1.29 is 0 Å². The van der Waals surface area contributed by atoms with Gasteiger partial charge in [-0.1, -0.05) is 32.4 Å². The van der Waals surface area contributed by atoms with E-state index in [0.717, 1.165) is 28.7 Å². The first-order valence-electron chi connectivity index (χ1n) is 6.36. The molecule has 0 aliphatic rings. The van der Waals surface area contributed by atoms with Gasteiger partial charge in [0.05, 0.1) is 10.5 Å². The lowest BCUT2D eigenvalue weighted by molar-refractivity contribution is 0.443. The van der Waals surface area contributed by atoms with E-state index in [2.05, 4.69) is 31.1 Å². The maximum absolute atomic E-state index is 6.21. The van der Waals surface area contributed by atoms with Crippen LogP contribution in [0.15, 0.2) is 18.3 Å². The summed E-state index contributed by atoms with van der Waals surface area (Å²) in [5, 5.41) is 5.07. The molecule has 0 spiro atoms. The third-order valence-corrected chi connectivity index (χ3v) is 3.22. The van der Waals surface area contributed by atoms with Crippen molar-refractivity contribution in [3.05, 3.63) is 28.9 Å². The van der Waals surface area contributed by atoms with Crippen LogP contribution in [-0.2, 0) is 0 Å². The minimum absolute atomic E-state index is 0.201. The van der Waals surface area contributed by atoms with Gasteiger partial charge in [0.1, 0.15) is 0 Å². The third-order valence-electron chi connectivity index (χ3n) is 2.93. The highest BCUT2D eigenvalue weighted by Gasteiger charge is 2.14. The Morgan fingerprint density at radius 2 is 2.00 bits per heavy atom. The molecule has 0 aliphatic heterocycles. The van der Waals surface area contributed by atoms with Gasteiger partial charge >= 0.3 is 0 Å². The zero-order chi connectivity index (χ0) is 14.2. The van der Waals surface area contributed by atoms with E-state index in [4.69, 9.17) is 17.3 Å². The standard InChI is InChI=1S/C15H20ClN3/c1-9-7-18-14-11(5-10(17)6-12(14)16)13(9)19-8-15(2,3)4/h5-7H,8,17H2,1-4H3,(H,18,19). The van der Waals surface area contributed by atoms with Crippen LogP contribution in [0.5, 0.6) is 0 Å². The van der Waals surface area contributed by atoms with E-state index in [9.17, 15) is 0 Å². The van der Waals surface area contributed by atoms with Crippen LogP contribution < -0.4 is 11.1 Å². The van der Waals surface area contributed by atoms with Gasteiger partial charge in [-0.2, -0.15) is 0 Å². The summed E-state index contributed by atoms with van der Waals surface area (Å²) < 4.78 is 0. The smallest absolute Gasteiger partial charge is 0.0910 e. The van der Waals surface area contributed by atoms with Crippen LogP contribution in [0.1, 0.15) is 26.3 Å². The summed E-state index contributed by atoms with van der Waals surface area (Å²) in [6, 6.07) is 3.66. The number of nitrogens with two attached hydrogens (primary N) is 1. The average molecular weight is 278 g/mol. The molecule has 19 heavy (non-hydrogen) atoms. The molecule has 1 aromatic heterocycles. The fourth-order valence-corrected chi connectivity index (χ4v) is 2.24. The number of fused-ring (bicyclic) bond motifs is 1. The molecule has 1 aromatic carbocycles. The number of hydrogen-bond donors (Lipinski definition) is 2. The highest BCUT2D eigenvalue weighted by Crippen LogP contribution is 2.32. The number of nitrogen functional groups attached to an aromatic ring is 1. The van der Waals surface area contributed by atoms with Crippen LogP contribution in [0, 0.1) is 12.3 Å². The Kier molecular flexibility index (Phi) is 3.59. The molecule has 0 saturated carbocycles. The van der Waals surface area contributed by atoms with Crippen molar-refractivity contribution in [1.82, 2.24) is 4.98 Å². The summed E-state index contributed by atoms with van der Waals surface area (Å²) in [6.45, 7) is 9.49. The zero-order valence-electron chi connectivity index (χ0n) is 11.8. The largest absolute Gasteiger partial charge is 0.399 e. The van der Waals surface area contributed by atoms with E-state index in [1.165, 1.54) is 0 Å². The second-order valence-electron chi connectivity index (χ2n) is 6.13. The first-order valence-corrected chi connectivity index (χ1v) is 6.74. The Hall–Kier alpha value is -1.48. The second kappa shape index (κ2) is 4.89. The molecule has 4 heteroatoms. The molecule has 0 aliphatic carbocycles. The molecule has 102 valence electrons. The maximum Gasteiger partial charge on any atom is 0.0910 e. The van der Waals surface area contributed by atoms with Crippen molar-refractivity contribution in [2.45, 2.75) is 27.7 Å². The van der Waals surface area contributed by atoms with Gasteiger partial charge in [-0.3, -0.25) is 4.98 Å². The summed E-state index contributed by atoms with van der Waals surface area (Å²) in [7, 11) is 0. The van der Waals surface area contributed by atoms with Crippen LogP contribution in [0.4, 0.5) is 11.4 Å². The van der Waals surface area contributed by atoms with E-state index in [1.54, 1.807) is 6.07 Å². The number of hydrogen-bond acceptors (Lipinski definition) is 3. The van der Waals surface area contributed by atoms with E-state index < -0.39 is 0 Å². The van der Waals surface area contributed by atoms with Gasteiger partial charge in [-0.15, -0.1) is 0 Å². The van der Waals surface area contributed by atoms with E-state index in [1.807, 2.05) is 19.2 Å². The van der Waals surface area contributed by atoms with Crippen molar-refractivity contribution in [2.75, 3.05) is 17.6 Å². The lowest BCUT2D eigenvalue weighted by atomic mass is 9.96. The van der Waals surface area contributed by atoms with Gasteiger partial charge in [-0.05, 0) is 30.0 Å². The van der Waals surface area contributed by atoms with Gasteiger partial charge in [0.15, 0.2) is 0 Å². The number of pyridine rings is 1. The van der Waals surface area contributed by atoms with Crippen molar-refractivity contribution in [2.24, 2.45) is 5.41 Å². The fraction of sp³-hybridized carbons (Fsp3) is 0.400. The summed E-state index contributed by atoms with van der Waals surface area (Å²) in [6.07, 6.45) is 1.84. The number of rotatable bonds is 2. The number of nitrogens with one attached hydrogen (secondary N) is 1. The lowest BCUT2D eigenvalue weighted by Gasteiger charge is -2.21. The van der Waals surface area contributed by atoms with Crippen LogP contribution in [-0.4, -0.2) is 11.5 Å². The van der Waals surface area contributed by atoms with E-state index in [-0.39, 0.29) is 5.41 Å². The predicted molar refractivity (Wildman–Crippen MR) is 83.8 cm³/mol. The van der Waals surface area contributed by atoms with Gasteiger partial charge in [0, 0.05) is 29.5 Å². The van der Waals surface area contributed by atoms with E-state index in [0.29, 0.717) is 10.7 Å². The first-order chi connectivity index (χ1) is 8.78. The third kappa shape index (κ3) is 3.10. The Labute approximate surface area is 119 Å². The van der Waals surface area contributed by atoms with Gasteiger partial charge in [0.25, 0.3) is 0 Å². The first kappa shape index (κ1) is 13.9. The minimum Gasteiger partial charge on any atom is -0.399 e. The summed E-state index contributed by atoms with van der Waals surface area (Å²) in [5.41, 5.74) is 9.69. The van der Waals surface area contributed by atoms with Gasteiger partial charge in [0.2, 0.25) is 0 Å². The Morgan fingerprint density at radius 3 is 2.63 bits per heavy atom. The number of halogens is 1. The lowest BCUT2D eigenvalue weighted by Crippen LogP contribution is -2.19. The highest BCUT2D eigenvalue weighted by atomic mass is 35.5. The quantitative estimate of drug-likeness (QED) is 0.808.